The summed E-state index contributed by atoms with van der Waals surface area (Å²) in [7, 11) is 0. The summed E-state index contributed by atoms with van der Waals surface area (Å²) in [6.45, 7) is 4.33. The van der Waals surface area contributed by atoms with Crippen molar-refractivity contribution in [3.05, 3.63) is 35.9 Å². The SMILES string of the molecule is CC1(C)CC(O)OC1CCc1ccccc1. The van der Waals surface area contributed by atoms with E-state index in [1.807, 2.05) is 6.07 Å². The van der Waals surface area contributed by atoms with Gasteiger partial charge in [0.05, 0.1) is 6.10 Å². The van der Waals surface area contributed by atoms with E-state index in [0.29, 0.717) is 0 Å². The molecule has 0 aromatic heterocycles. The van der Waals surface area contributed by atoms with Crippen molar-refractivity contribution in [2.75, 3.05) is 0 Å². The van der Waals surface area contributed by atoms with Crippen molar-refractivity contribution in [1.82, 2.24) is 0 Å². The molecule has 1 saturated heterocycles. The molecule has 2 heteroatoms. The van der Waals surface area contributed by atoms with Gasteiger partial charge in [0, 0.05) is 6.42 Å². The Morgan fingerprint density at radius 1 is 1.31 bits per heavy atom. The Hall–Kier alpha value is -0.860. The average molecular weight is 220 g/mol. The first-order valence-corrected chi connectivity index (χ1v) is 5.95. The van der Waals surface area contributed by atoms with Gasteiger partial charge in [-0.25, -0.2) is 0 Å². The number of benzene rings is 1. The van der Waals surface area contributed by atoms with Crippen LogP contribution < -0.4 is 0 Å². The van der Waals surface area contributed by atoms with Crippen LogP contribution in [0.3, 0.4) is 0 Å². The molecule has 0 bridgehead atoms. The highest BCUT2D eigenvalue weighted by Gasteiger charge is 2.40. The lowest BCUT2D eigenvalue weighted by atomic mass is 9.83. The van der Waals surface area contributed by atoms with Crippen LogP contribution in [0, 0.1) is 5.41 Å². The van der Waals surface area contributed by atoms with Gasteiger partial charge in [0.1, 0.15) is 0 Å². The van der Waals surface area contributed by atoms with Crippen molar-refractivity contribution in [3.63, 3.8) is 0 Å². The minimum Gasteiger partial charge on any atom is -0.368 e. The van der Waals surface area contributed by atoms with Crippen LogP contribution in [-0.4, -0.2) is 17.5 Å². The summed E-state index contributed by atoms with van der Waals surface area (Å²) in [6, 6.07) is 10.4. The minimum atomic E-state index is -0.573. The molecule has 0 radical (unpaired) electrons. The molecule has 1 aromatic carbocycles. The third-order valence-electron chi connectivity index (χ3n) is 3.43. The first kappa shape index (κ1) is 11.6. The van der Waals surface area contributed by atoms with Crippen molar-refractivity contribution in [1.29, 1.82) is 0 Å². The van der Waals surface area contributed by atoms with Crippen LogP contribution in [-0.2, 0) is 11.2 Å². The Morgan fingerprint density at radius 2 is 2.00 bits per heavy atom. The van der Waals surface area contributed by atoms with Gasteiger partial charge in [0.25, 0.3) is 0 Å². The highest BCUT2D eigenvalue weighted by molar-refractivity contribution is 5.14. The van der Waals surface area contributed by atoms with Crippen LogP contribution in [0.1, 0.15) is 32.3 Å². The van der Waals surface area contributed by atoms with E-state index in [0.717, 1.165) is 19.3 Å². The van der Waals surface area contributed by atoms with Crippen molar-refractivity contribution in [2.45, 2.75) is 45.5 Å². The molecule has 88 valence electrons. The van der Waals surface area contributed by atoms with E-state index in [4.69, 9.17) is 4.74 Å². The maximum atomic E-state index is 9.51. The molecule has 16 heavy (non-hydrogen) atoms. The number of aryl methyl sites for hydroxylation is 1. The zero-order valence-electron chi connectivity index (χ0n) is 10.0. The molecule has 0 spiro atoms. The van der Waals surface area contributed by atoms with Gasteiger partial charge in [-0.3, -0.25) is 0 Å². The zero-order valence-corrected chi connectivity index (χ0v) is 10.0. The lowest BCUT2D eigenvalue weighted by Gasteiger charge is -2.24. The summed E-state index contributed by atoms with van der Waals surface area (Å²) < 4.78 is 5.55. The molecule has 0 amide bonds. The molecule has 1 fully saturated rings. The van der Waals surface area contributed by atoms with Crippen molar-refractivity contribution in [2.24, 2.45) is 5.41 Å². The van der Waals surface area contributed by atoms with E-state index in [9.17, 15) is 5.11 Å². The predicted octanol–water partition coefficient (Wildman–Crippen LogP) is 2.75. The summed E-state index contributed by atoms with van der Waals surface area (Å²) in [6.07, 6.45) is 2.33. The second-order valence-electron chi connectivity index (χ2n) is 5.30. The number of hydrogen-bond acceptors (Lipinski definition) is 2. The summed E-state index contributed by atoms with van der Waals surface area (Å²) >= 11 is 0. The van der Waals surface area contributed by atoms with Crippen LogP contribution in [0.2, 0.25) is 0 Å². The van der Waals surface area contributed by atoms with Gasteiger partial charge < -0.3 is 9.84 Å². The number of hydrogen-bond donors (Lipinski definition) is 1. The van der Waals surface area contributed by atoms with Crippen LogP contribution in [0.15, 0.2) is 30.3 Å². The molecule has 2 nitrogen and oxygen atoms in total. The first-order chi connectivity index (χ1) is 7.58. The normalized spacial score (nSPS) is 28.2. The fourth-order valence-electron chi connectivity index (χ4n) is 2.40. The molecule has 2 atom stereocenters. The van der Waals surface area contributed by atoms with E-state index in [1.165, 1.54) is 5.56 Å². The van der Waals surface area contributed by atoms with Gasteiger partial charge in [0.15, 0.2) is 6.29 Å². The molecule has 1 N–H and O–H groups in total. The second-order valence-corrected chi connectivity index (χ2v) is 5.30. The number of rotatable bonds is 3. The van der Waals surface area contributed by atoms with E-state index in [1.54, 1.807) is 0 Å². The summed E-state index contributed by atoms with van der Waals surface area (Å²) in [4.78, 5) is 0. The molecule has 0 saturated carbocycles. The van der Waals surface area contributed by atoms with E-state index >= 15 is 0 Å². The second kappa shape index (κ2) is 4.56. The molecular formula is C14H20O2. The lowest BCUT2D eigenvalue weighted by molar-refractivity contribution is -0.0962. The van der Waals surface area contributed by atoms with Crippen LogP contribution in [0.25, 0.3) is 0 Å². The third-order valence-corrected chi connectivity index (χ3v) is 3.43. The van der Waals surface area contributed by atoms with Crippen molar-refractivity contribution < 1.29 is 9.84 Å². The first-order valence-electron chi connectivity index (χ1n) is 5.95. The Morgan fingerprint density at radius 3 is 2.56 bits per heavy atom. The highest BCUT2D eigenvalue weighted by Crippen LogP contribution is 2.39. The van der Waals surface area contributed by atoms with E-state index in [2.05, 4.69) is 38.1 Å². The zero-order chi connectivity index (χ0) is 11.6. The van der Waals surface area contributed by atoms with Gasteiger partial charge in [-0.05, 0) is 23.8 Å². The topological polar surface area (TPSA) is 29.5 Å². The fraction of sp³-hybridized carbons (Fsp3) is 0.571. The quantitative estimate of drug-likeness (QED) is 0.848. The molecule has 1 aliphatic rings. The predicted molar refractivity (Wildman–Crippen MR) is 64.0 cm³/mol. The summed E-state index contributed by atoms with van der Waals surface area (Å²) in [5.41, 5.74) is 1.43. The third kappa shape index (κ3) is 2.63. The van der Waals surface area contributed by atoms with Gasteiger partial charge in [-0.15, -0.1) is 0 Å². The maximum absolute atomic E-state index is 9.51. The number of aliphatic hydroxyl groups is 1. The maximum Gasteiger partial charge on any atom is 0.155 e. The van der Waals surface area contributed by atoms with Crippen LogP contribution >= 0.6 is 0 Å². The number of aliphatic hydroxyl groups excluding tert-OH is 1. The fourth-order valence-corrected chi connectivity index (χ4v) is 2.40. The average Bonchev–Trinajstić information content (AvgIpc) is 2.50. The van der Waals surface area contributed by atoms with Crippen LogP contribution in [0.5, 0.6) is 0 Å². The van der Waals surface area contributed by atoms with Gasteiger partial charge >= 0.3 is 0 Å². The van der Waals surface area contributed by atoms with E-state index in [-0.39, 0.29) is 11.5 Å². The molecule has 0 aliphatic carbocycles. The Bertz CT molecular complexity index is 332. The Labute approximate surface area is 97.3 Å². The molecule has 1 aliphatic heterocycles. The largest absolute Gasteiger partial charge is 0.368 e. The highest BCUT2D eigenvalue weighted by atomic mass is 16.6. The minimum absolute atomic E-state index is 0.0915. The summed E-state index contributed by atoms with van der Waals surface area (Å²) in [5.74, 6) is 0. The summed E-state index contributed by atoms with van der Waals surface area (Å²) in [5, 5.41) is 9.51. The van der Waals surface area contributed by atoms with Gasteiger partial charge in [-0.1, -0.05) is 44.2 Å². The monoisotopic (exact) mass is 220 g/mol. The van der Waals surface area contributed by atoms with E-state index < -0.39 is 6.29 Å². The molecule has 2 rings (SSSR count). The number of ether oxygens (including phenoxy) is 1. The Balaban J connectivity index is 1.91. The molecular weight excluding hydrogens is 200 g/mol. The van der Waals surface area contributed by atoms with Crippen LogP contribution in [0.4, 0.5) is 0 Å². The van der Waals surface area contributed by atoms with Crippen molar-refractivity contribution >= 4 is 0 Å². The molecule has 1 heterocycles. The smallest absolute Gasteiger partial charge is 0.155 e. The van der Waals surface area contributed by atoms with Gasteiger partial charge in [0.2, 0.25) is 0 Å². The van der Waals surface area contributed by atoms with Crippen molar-refractivity contribution in [3.8, 4) is 0 Å². The molecule has 1 aromatic rings. The van der Waals surface area contributed by atoms with Gasteiger partial charge in [-0.2, -0.15) is 0 Å². The lowest BCUT2D eigenvalue weighted by Crippen LogP contribution is -2.24. The Kier molecular flexibility index (Phi) is 3.31. The molecule has 2 unspecified atom stereocenters. The standard InChI is InChI=1S/C14H20O2/c1-14(2)10-13(15)16-12(14)9-8-11-6-4-3-5-7-11/h3-7,12-13,15H,8-10H2,1-2H3.